The fourth-order valence-corrected chi connectivity index (χ4v) is 3.73. The van der Waals surface area contributed by atoms with Crippen LogP contribution in [-0.2, 0) is 19.6 Å². The van der Waals surface area contributed by atoms with Gasteiger partial charge in [-0.25, -0.2) is 17.5 Å². The molecule has 2 rings (SSSR count). The molecule has 168 valence electrons. The van der Waals surface area contributed by atoms with E-state index in [1.807, 2.05) is 13.8 Å². The number of ether oxygens (including phenoxy) is 2. The van der Waals surface area contributed by atoms with Crippen LogP contribution in [0.1, 0.15) is 24.2 Å². The molecule has 0 radical (unpaired) electrons. The molecule has 31 heavy (non-hydrogen) atoms. The number of carbonyl (C=O) groups excluding carboxylic acids is 2. The second-order valence-electron chi connectivity index (χ2n) is 7.29. The zero-order valence-corrected chi connectivity index (χ0v) is 19.3. The lowest BCUT2D eigenvalue weighted by molar-refractivity contribution is -0.119. The van der Waals surface area contributed by atoms with E-state index in [0.717, 1.165) is 4.31 Å². The van der Waals surface area contributed by atoms with Crippen LogP contribution >= 0.6 is 11.6 Å². The standard InChI is InChI=1S/C21H25ClN2O6S/c1-14(2)12-29-17-8-5-15(6-9-17)21(26)30-13-20(25)23-16-7-10-18(22)19(11-16)31(27,28)24(3)4/h5-11,14H,12-13H2,1-4H3,(H,23,25). The fourth-order valence-electron chi connectivity index (χ4n) is 2.34. The van der Waals surface area contributed by atoms with Gasteiger partial charge in [-0.05, 0) is 48.4 Å². The molecular weight excluding hydrogens is 444 g/mol. The Morgan fingerprint density at radius 3 is 2.32 bits per heavy atom. The molecule has 1 N–H and O–H groups in total. The van der Waals surface area contributed by atoms with Crippen LogP contribution in [0.15, 0.2) is 47.4 Å². The summed E-state index contributed by atoms with van der Waals surface area (Å²) in [4.78, 5) is 24.1. The Balaban J connectivity index is 1.95. The van der Waals surface area contributed by atoms with Crippen LogP contribution in [-0.4, -0.2) is 51.9 Å². The van der Waals surface area contributed by atoms with Gasteiger partial charge in [0, 0.05) is 19.8 Å². The quantitative estimate of drug-likeness (QED) is 0.566. The number of sulfonamides is 1. The Morgan fingerprint density at radius 1 is 1.10 bits per heavy atom. The first-order valence-electron chi connectivity index (χ1n) is 9.42. The van der Waals surface area contributed by atoms with Gasteiger partial charge in [0.05, 0.1) is 17.2 Å². The first-order chi connectivity index (χ1) is 14.5. The number of amides is 1. The summed E-state index contributed by atoms with van der Waals surface area (Å²) < 4.78 is 36.2. The van der Waals surface area contributed by atoms with E-state index in [0.29, 0.717) is 18.3 Å². The van der Waals surface area contributed by atoms with Crippen molar-refractivity contribution in [3.8, 4) is 5.75 Å². The largest absolute Gasteiger partial charge is 0.493 e. The average Bonchev–Trinajstić information content (AvgIpc) is 2.72. The predicted molar refractivity (Wildman–Crippen MR) is 118 cm³/mol. The van der Waals surface area contributed by atoms with Gasteiger partial charge in [-0.15, -0.1) is 0 Å². The molecule has 8 nitrogen and oxygen atoms in total. The van der Waals surface area contributed by atoms with Crippen molar-refractivity contribution in [2.75, 3.05) is 32.6 Å². The van der Waals surface area contributed by atoms with Gasteiger partial charge in [0.2, 0.25) is 10.0 Å². The summed E-state index contributed by atoms with van der Waals surface area (Å²) in [6.07, 6.45) is 0. The monoisotopic (exact) mass is 468 g/mol. The molecule has 0 aliphatic rings. The van der Waals surface area contributed by atoms with Gasteiger partial charge in [0.15, 0.2) is 6.61 Å². The topological polar surface area (TPSA) is 102 Å². The minimum absolute atomic E-state index is 0.0268. The number of esters is 1. The summed E-state index contributed by atoms with van der Waals surface area (Å²) in [5.74, 6) is -0.282. The van der Waals surface area contributed by atoms with Crippen molar-refractivity contribution >= 4 is 39.2 Å². The van der Waals surface area contributed by atoms with Crippen molar-refractivity contribution < 1.29 is 27.5 Å². The summed E-state index contributed by atoms with van der Waals surface area (Å²) >= 11 is 5.98. The Labute approximate surface area is 187 Å². The average molecular weight is 469 g/mol. The summed E-state index contributed by atoms with van der Waals surface area (Å²) in [6.45, 7) is 4.08. The summed E-state index contributed by atoms with van der Waals surface area (Å²) in [5.41, 5.74) is 0.480. The smallest absolute Gasteiger partial charge is 0.338 e. The highest BCUT2D eigenvalue weighted by Gasteiger charge is 2.21. The number of rotatable bonds is 9. The van der Waals surface area contributed by atoms with Gasteiger partial charge in [-0.3, -0.25) is 4.79 Å². The Bertz CT molecular complexity index is 1040. The van der Waals surface area contributed by atoms with E-state index >= 15 is 0 Å². The highest BCUT2D eigenvalue weighted by Crippen LogP contribution is 2.26. The second-order valence-corrected chi connectivity index (χ2v) is 9.81. The molecule has 0 bridgehead atoms. The molecule has 2 aromatic rings. The number of hydrogen-bond acceptors (Lipinski definition) is 6. The molecule has 0 saturated carbocycles. The second kappa shape index (κ2) is 10.6. The van der Waals surface area contributed by atoms with E-state index < -0.39 is 28.5 Å². The summed E-state index contributed by atoms with van der Waals surface area (Å²) in [7, 11) is -1.04. The molecule has 0 atom stereocenters. The summed E-state index contributed by atoms with van der Waals surface area (Å²) in [6, 6.07) is 10.5. The molecule has 0 aliphatic carbocycles. The molecule has 1 amide bonds. The van der Waals surface area contributed by atoms with E-state index in [-0.39, 0.29) is 21.2 Å². The van der Waals surface area contributed by atoms with Crippen LogP contribution in [0.25, 0.3) is 0 Å². The van der Waals surface area contributed by atoms with Gasteiger partial charge >= 0.3 is 5.97 Å². The molecule has 10 heteroatoms. The lowest BCUT2D eigenvalue weighted by Crippen LogP contribution is -2.23. The van der Waals surface area contributed by atoms with E-state index in [4.69, 9.17) is 21.1 Å². The molecule has 2 aromatic carbocycles. The van der Waals surface area contributed by atoms with Crippen LogP contribution in [0.4, 0.5) is 5.69 Å². The molecule has 0 unspecified atom stereocenters. The number of nitrogens with one attached hydrogen (secondary N) is 1. The van der Waals surface area contributed by atoms with Crippen LogP contribution < -0.4 is 10.1 Å². The number of hydrogen-bond donors (Lipinski definition) is 1. The SMILES string of the molecule is CC(C)COc1ccc(C(=O)OCC(=O)Nc2ccc(Cl)c(S(=O)(=O)N(C)C)c2)cc1. The lowest BCUT2D eigenvalue weighted by Gasteiger charge is -2.14. The highest BCUT2D eigenvalue weighted by atomic mass is 35.5. The molecule has 0 heterocycles. The number of anilines is 1. The van der Waals surface area contributed by atoms with Crippen LogP contribution in [0.3, 0.4) is 0 Å². The maximum Gasteiger partial charge on any atom is 0.338 e. The van der Waals surface area contributed by atoms with Crippen molar-refractivity contribution in [2.24, 2.45) is 5.92 Å². The molecule has 0 aromatic heterocycles. The van der Waals surface area contributed by atoms with Gasteiger partial charge in [0.1, 0.15) is 10.6 Å². The van der Waals surface area contributed by atoms with Crippen LogP contribution in [0.2, 0.25) is 5.02 Å². The molecular formula is C21H25ClN2O6S. The minimum Gasteiger partial charge on any atom is -0.493 e. The van der Waals surface area contributed by atoms with Gasteiger partial charge in [-0.2, -0.15) is 0 Å². The van der Waals surface area contributed by atoms with E-state index in [2.05, 4.69) is 5.32 Å². The van der Waals surface area contributed by atoms with Crippen LogP contribution in [0.5, 0.6) is 5.75 Å². The van der Waals surface area contributed by atoms with Crippen molar-refractivity contribution in [3.05, 3.63) is 53.1 Å². The maximum absolute atomic E-state index is 12.3. The first-order valence-corrected chi connectivity index (χ1v) is 11.2. The Morgan fingerprint density at radius 2 is 1.74 bits per heavy atom. The lowest BCUT2D eigenvalue weighted by atomic mass is 10.2. The highest BCUT2D eigenvalue weighted by molar-refractivity contribution is 7.89. The van der Waals surface area contributed by atoms with Gasteiger partial charge in [-0.1, -0.05) is 25.4 Å². The first kappa shape index (κ1) is 24.6. The third kappa shape index (κ3) is 6.95. The zero-order chi connectivity index (χ0) is 23.2. The normalized spacial score (nSPS) is 11.5. The molecule has 0 fully saturated rings. The summed E-state index contributed by atoms with van der Waals surface area (Å²) in [5, 5.41) is 2.51. The number of carbonyl (C=O) groups is 2. The van der Waals surface area contributed by atoms with E-state index in [1.54, 1.807) is 24.3 Å². The van der Waals surface area contributed by atoms with Crippen molar-refractivity contribution in [2.45, 2.75) is 18.7 Å². The van der Waals surface area contributed by atoms with E-state index in [1.165, 1.54) is 32.3 Å². The Kier molecular flexibility index (Phi) is 8.43. The van der Waals surface area contributed by atoms with Crippen molar-refractivity contribution in [1.29, 1.82) is 0 Å². The van der Waals surface area contributed by atoms with E-state index in [9.17, 15) is 18.0 Å². The number of halogens is 1. The van der Waals surface area contributed by atoms with Gasteiger partial charge < -0.3 is 14.8 Å². The zero-order valence-electron chi connectivity index (χ0n) is 17.7. The Hall–Kier alpha value is -2.62. The van der Waals surface area contributed by atoms with Crippen molar-refractivity contribution in [1.82, 2.24) is 4.31 Å². The molecule has 0 spiro atoms. The van der Waals surface area contributed by atoms with Gasteiger partial charge in [0.25, 0.3) is 5.91 Å². The molecule has 0 aliphatic heterocycles. The minimum atomic E-state index is -3.79. The third-order valence-electron chi connectivity index (χ3n) is 3.98. The molecule has 0 saturated heterocycles. The van der Waals surface area contributed by atoms with Crippen molar-refractivity contribution in [3.63, 3.8) is 0 Å². The third-order valence-corrected chi connectivity index (χ3v) is 6.28. The fraction of sp³-hybridized carbons (Fsp3) is 0.333. The number of nitrogens with zero attached hydrogens (tertiary/aromatic N) is 1. The van der Waals surface area contributed by atoms with Crippen LogP contribution in [0, 0.1) is 5.92 Å². The number of benzene rings is 2. The predicted octanol–water partition coefficient (Wildman–Crippen LogP) is 3.42. The maximum atomic E-state index is 12.3.